The summed E-state index contributed by atoms with van der Waals surface area (Å²) in [6.45, 7) is 3.82. The Morgan fingerprint density at radius 2 is 2.30 bits per heavy atom. The normalized spacial score (nSPS) is 20.5. The first-order valence-corrected chi connectivity index (χ1v) is 10.1. The zero-order valence-corrected chi connectivity index (χ0v) is 15.2. The van der Waals surface area contributed by atoms with Crippen molar-refractivity contribution in [3.05, 3.63) is 14.9 Å². The molecule has 1 aromatic rings. The number of piperidine rings is 1. The van der Waals surface area contributed by atoms with E-state index in [1.807, 2.05) is 6.92 Å². The Morgan fingerprint density at radius 1 is 1.55 bits per heavy atom. The summed E-state index contributed by atoms with van der Waals surface area (Å²) in [5, 5.41) is 3.83. The van der Waals surface area contributed by atoms with Gasteiger partial charge in [-0.25, -0.2) is 8.42 Å². The Labute approximate surface area is 137 Å². The zero-order chi connectivity index (χ0) is 14.8. The van der Waals surface area contributed by atoms with Gasteiger partial charge in [0.05, 0.1) is 8.81 Å². The lowest BCUT2D eigenvalue weighted by atomic mass is 10.1. The lowest BCUT2D eigenvalue weighted by molar-refractivity contribution is 0.320. The smallest absolute Gasteiger partial charge is 0.252 e. The molecule has 1 unspecified atom stereocenters. The third-order valence-electron chi connectivity index (χ3n) is 3.41. The van der Waals surface area contributed by atoms with E-state index in [-0.39, 0.29) is 6.04 Å². The molecule has 0 aromatic carbocycles. The van der Waals surface area contributed by atoms with Crippen LogP contribution in [0.4, 0.5) is 0 Å². The summed E-state index contributed by atoms with van der Waals surface area (Å²) in [6.07, 6.45) is 3.36. The third kappa shape index (κ3) is 3.75. The topological polar surface area (TPSA) is 49.4 Å². The number of nitrogens with one attached hydrogen (secondary N) is 1. The third-order valence-corrected chi connectivity index (χ3v) is 8.27. The van der Waals surface area contributed by atoms with Gasteiger partial charge in [0.1, 0.15) is 4.21 Å². The maximum atomic E-state index is 12.6. The average molecular weight is 402 g/mol. The van der Waals surface area contributed by atoms with Gasteiger partial charge in [0.2, 0.25) is 0 Å². The summed E-state index contributed by atoms with van der Waals surface area (Å²) in [4.78, 5) is 0. The minimum absolute atomic E-state index is 0.248. The minimum Gasteiger partial charge on any atom is -0.313 e. The van der Waals surface area contributed by atoms with Crippen LogP contribution in [0.15, 0.2) is 14.1 Å². The van der Waals surface area contributed by atoms with Crippen molar-refractivity contribution in [1.82, 2.24) is 9.62 Å². The van der Waals surface area contributed by atoms with Crippen LogP contribution in [-0.2, 0) is 10.0 Å². The average Bonchev–Trinajstić information content (AvgIpc) is 2.78. The standard InChI is InChI=1S/C12H18BrClN2O2S2/c1-2-16(8-9-5-3-4-6-15-9)20(17,18)11-7-10(14)12(13)19-11/h7,9,15H,2-6,8H2,1H3. The molecule has 1 aromatic heterocycles. The van der Waals surface area contributed by atoms with Crippen LogP contribution in [0.25, 0.3) is 0 Å². The van der Waals surface area contributed by atoms with E-state index >= 15 is 0 Å². The molecular formula is C12H18BrClN2O2S2. The van der Waals surface area contributed by atoms with Gasteiger partial charge in [0.25, 0.3) is 10.0 Å². The summed E-state index contributed by atoms with van der Waals surface area (Å²) in [5.74, 6) is 0. The number of thiophene rings is 1. The van der Waals surface area contributed by atoms with E-state index in [0.29, 0.717) is 26.1 Å². The van der Waals surface area contributed by atoms with Crippen molar-refractivity contribution in [2.45, 2.75) is 36.4 Å². The van der Waals surface area contributed by atoms with E-state index < -0.39 is 10.0 Å². The highest BCUT2D eigenvalue weighted by molar-refractivity contribution is 9.11. The molecule has 8 heteroatoms. The van der Waals surface area contributed by atoms with Crippen molar-refractivity contribution in [2.75, 3.05) is 19.6 Å². The molecule has 114 valence electrons. The molecule has 2 heterocycles. The fraction of sp³-hybridized carbons (Fsp3) is 0.667. The van der Waals surface area contributed by atoms with E-state index in [9.17, 15) is 8.42 Å². The second-order valence-corrected chi connectivity index (χ2v) is 9.73. The van der Waals surface area contributed by atoms with Crippen molar-refractivity contribution in [3.8, 4) is 0 Å². The van der Waals surface area contributed by atoms with E-state index in [1.165, 1.54) is 16.8 Å². The minimum atomic E-state index is -3.45. The molecule has 1 atom stereocenters. The van der Waals surface area contributed by atoms with Crippen LogP contribution in [-0.4, -0.2) is 38.4 Å². The van der Waals surface area contributed by atoms with Gasteiger partial charge in [-0.15, -0.1) is 11.3 Å². The largest absolute Gasteiger partial charge is 0.313 e. The lowest BCUT2D eigenvalue weighted by Crippen LogP contribution is -2.45. The number of rotatable bonds is 5. The zero-order valence-electron chi connectivity index (χ0n) is 11.2. The molecule has 0 bridgehead atoms. The van der Waals surface area contributed by atoms with Gasteiger partial charge in [-0.2, -0.15) is 4.31 Å². The number of hydrogen-bond acceptors (Lipinski definition) is 4. The maximum absolute atomic E-state index is 12.6. The molecule has 1 aliphatic rings. The maximum Gasteiger partial charge on any atom is 0.252 e. The highest BCUT2D eigenvalue weighted by atomic mass is 79.9. The quantitative estimate of drug-likeness (QED) is 0.823. The number of likely N-dealkylation sites (N-methyl/N-ethyl adjacent to an activating group) is 1. The van der Waals surface area contributed by atoms with Gasteiger partial charge in [-0.1, -0.05) is 24.9 Å². The molecule has 1 fully saturated rings. The van der Waals surface area contributed by atoms with Crippen LogP contribution in [0.3, 0.4) is 0 Å². The van der Waals surface area contributed by atoms with Crippen molar-refractivity contribution in [3.63, 3.8) is 0 Å². The van der Waals surface area contributed by atoms with Crippen molar-refractivity contribution in [1.29, 1.82) is 0 Å². The molecule has 1 aliphatic heterocycles. The van der Waals surface area contributed by atoms with Gasteiger partial charge < -0.3 is 5.32 Å². The summed E-state index contributed by atoms with van der Waals surface area (Å²) >= 11 is 10.4. The van der Waals surface area contributed by atoms with Gasteiger partial charge in [0, 0.05) is 19.1 Å². The summed E-state index contributed by atoms with van der Waals surface area (Å²) < 4.78 is 27.8. The van der Waals surface area contributed by atoms with Crippen LogP contribution in [0.5, 0.6) is 0 Å². The SMILES string of the molecule is CCN(CC1CCCCN1)S(=O)(=O)c1cc(Cl)c(Br)s1. The van der Waals surface area contributed by atoms with E-state index in [4.69, 9.17) is 11.6 Å². The molecule has 20 heavy (non-hydrogen) atoms. The molecule has 0 saturated carbocycles. The first-order valence-electron chi connectivity index (χ1n) is 6.63. The van der Waals surface area contributed by atoms with Crippen LogP contribution >= 0.6 is 38.9 Å². The van der Waals surface area contributed by atoms with Gasteiger partial charge >= 0.3 is 0 Å². The van der Waals surface area contributed by atoms with E-state index in [0.717, 1.165) is 30.7 Å². The number of nitrogens with zero attached hydrogens (tertiary/aromatic N) is 1. The van der Waals surface area contributed by atoms with Crippen LogP contribution in [0, 0.1) is 0 Å². The second-order valence-electron chi connectivity index (χ2n) is 4.79. The molecule has 0 amide bonds. The highest BCUT2D eigenvalue weighted by Gasteiger charge is 2.28. The molecule has 0 radical (unpaired) electrons. The Kier molecular flexibility index (Phi) is 5.90. The summed E-state index contributed by atoms with van der Waals surface area (Å²) in [6, 6.07) is 1.76. The fourth-order valence-corrected chi connectivity index (χ4v) is 6.35. The lowest BCUT2D eigenvalue weighted by Gasteiger charge is -2.29. The molecule has 0 spiro atoms. The van der Waals surface area contributed by atoms with Gasteiger partial charge in [-0.05, 0) is 41.4 Å². The van der Waals surface area contributed by atoms with Crippen LogP contribution in [0.1, 0.15) is 26.2 Å². The second kappa shape index (κ2) is 7.07. The summed E-state index contributed by atoms with van der Waals surface area (Å²) in [7, 11) is -3.45. The molecule has 0 aliphatic carbocycles. The van der Waals surface area contributed by atoms with Gasteiger partial charge in [0.15, 0.2) is 0 Å². The van der Waals surface area contributed by atoms with E-state index in [2.05, 4.69) is 21.2 Å². The molecule has 1 saturated heterocycles. The number of halogens is 2. The Hall–Kier alpha value is 0.340. The predicted octanol–water partition coefficient (Wildman–Crippen LogP) is 3.32. The number of hydrogen-bond donors (Lipinski definition) is 1. The molecular weight excluding hydrogens is 384 g/mol. The van der Waals surface area contributed by atoms with Crippen molar-refractivity contribution in [2.24, 2.45) is 0 Å². The summed E-state index contributed by atoms with van der Waals surface area (Å²) in [5.41, 5.74) is 0. The van der Waals surface area contributed by atoms with E-state index in [1.54, 1.807) is 0 Å². The first kappa shape index (κ1) is 16.7. The van der Waals surface area contributed by atoms with Crippen LogP contribution in [0.2, 0.25) is 5.02 Å². The molecule has 4 nitrogen and oxygen atoms in total. The first-order chi connectivity index (χ1) is 9.45. The molecule has 1 N–H and O–H groups in total. The van der Waals surface area contributed by atoms with Gasteiger partial charge in [-0.3, -0.25) is 0 Å². The van der Waals surface area contributed by atoms with Crippen LogP contribution < -0.4 is 5.32 Å². The highest BCUT2D eigenvalue weighted by Crippen LogP contribution is 2.36. The molecule has 2 rings (SSSR count). The number of sulfonamides is 1. The van der Waals surface area contributed by atoms with Crippen molar-refractivity contribution < 1.29 is 8.42 Å². The Morgan fingerprint density at radius 3 is 2.80 bits per heavy atom. The monoisotopic (exact) mass is 400 g/mol. The Bertz CT molecular complexity index is 536. The Balaban J connectivity index is 2.16. The fourth-order valence-electron chi connectivity index (χ4n) is 2.30. The van der Waals surface area contributed by atoms with Crippen molar-refractivity contribution >= 4 is 48.9 Å². The predicted molar refractivity (Wildman–Crippen MR) is 87.1 cm³/mol.